The highest BCUT2D eigenvalue weighted by atomic mass is 127. The number of aryl methyl sites for hydroxylation is 3. The molecule has 1 aromatic heterocycles. The van der Waals surface area contributed by atoms with Crippen LogP contribution in [0, 0.1) is 15.3 Å². The van der Waals surface area contributed by atoms with Gasteiger partial charge >= 0.3 is 0 Å². The van der Waals surface area contributed by atoms with Crippen LogP contribution in [0.4, 0.5) is 10.2 Å². The lowest BCUT2D eigenvalue weighted by Gasteiger charge is -2.23. The minimum atomic E-state index is -0.216. The highest BCUT2D eigenvalue weighted by Crippen LogP contribution is 2.34. The van der Waals surface area contributed by atoms with Crippen LogP contribution in [-0.2, 0) is 30.5 Å². The van der Waals surface area contributed by atoms with E-state index in [1.807, 2.05) is 30.3 Å². The number of nitrogens with one attached hydrogen (secondary N) is 1. The van der Waals surface area contributed by atoms with Gasteiger partial charge in [0.05, 0.1) is 23.5 Å². The Balaban J connectivity index is 1.42. The number of carbonyl (C=O) groups excluding carboxylic acids is 1. The molecule has 2 aliphatic carbocycles. The van der Waals surface area contributed by atoms with Crippen LogP contribution in [0.2, 0.25) is 0 Å². The molecule has 0 saturated heterocycles. The van der Waals surface area contributed by atoms with Gasteiger partial charge in [0.15, 0.2) is 5.82 Å². The Labute approximate surface area is 213 Å². The molecule has 1 heterocycles. The average Bonchev–Trinajstić information content (AvgIpc) is 2.84. The van der Waals surface area contributed by atoms with E-state index in [0.29, 0.717) is 24.6 Å². The van der Waals surface area contributed by atoms with Gasteiger partial charge in [-0.25, -0.2) is 14.4 Å². The number of carbonyl (C=O) groups is 1. The number of amides is 1. The number of fused-ring (bicyclic) bond motifs is 3. The van der Waals surface area contributed by atoms with Crippen LogP contribution in [-0.4, -0.2) is 15.9 Å². The van der Waals surface area contributed by atoms with Crippen molar-refractivity contribution in [3.05, 3.63) is 74.4 Å². The van der Waals surface area contributed by atoms with Gasteiger partial charge in [-0.2, -0.15) is 0 Å². The predicted octanol–water partition coefficient (Wildman–Crippen LogP) is 6.68. The molecule has 4 nitrogen and oxygen atoms in total. The first-order valence-electron chi connectivity index (χ1n) is 12.3. The molecule has 34 heavy (non-hydrogen) atoms. The van der Waals surface area contributed by atoms with Crippen molar-refractivity contribution in [2.24, 2.45) is 5.92 Å². The van der Waals surface area contributed by atoms with Crippen molar-refractivity contribution in [3.8, 4) is 11.3 Å². The molecule has 5 rings (SSSR count). The maximum atomic E-state index is 13.8. The minimum Gasteiger partial charge on any atom is -0.309 e. The number of hydrogen-bond donors (Lipinski definition) is 1. The number of rotatable bonds is 6. The second-order valence-corrected chi connectivity index (χ2v) is 10.8. The van der Waals surface area contributed by atoms with Crippen LogP contribution in [0.3, 0.4) is 0 Å². The zero-order valence-electron chi connectivity index (χ0n) is 19.2. The van der Waals surface area contributed by atoms with Crippen molar-refractivity contribution in [1.29, 1.82) is 0 Å². The SMILES string of the molecule is O=C(Cc1ccc(I)cc1)Nc1nc2c(nc1CCC1CCCCC1)-c1ccc(F)cc1CC2. The van der Waals surface area contributed by atoms with E-state index in [9.17, 15) is 9.18 Å². The number of nitrogens with zero attached hydrogens (tertiary/aromatic N) is 2. The zero-order chi connectivity index (χ0) is 23.5. The van der Waals surface area contributed by atoms with E-state index >= 15 is 0 Å². The van der Waals surface area contributed by atoms with Gasteiger partial charge in [0.1, 0.15) is 5.82 Å². The van der Waals surface area contributed by atoms with Crippen LogP contribution in [0.25, 0.3) is 11.3 Å². The van der Waals surface area contributed by atoms with E-state index < -0.39 is 0 Å². The van der Waals surface area contributed by atoms with E-state index in [1.54, 1.807) is 6.07 Å². The van der Waals surface area contributed by atoms with Gasteiger partial charge in [0.25, 0.3) is 0 Å². The monoisotopic (exact) mass is 569 g/mol. The summed E-state index contributed by atoms with van der Waals surface area (Å²) in [5.74, 6) is 1.01. The third-order valence-corrected chi connectivity index (χ3v) is 7.76. The molecule has 0 bridgehead atoms. The van der Waals surface area contributed by atoms with Gasteiger partial charge in [-0.1, -0.05) is 44.2 Å². The molecule has 1 saturated carbocycles. The summed E-state index contributed by atoms with van der Waals surface area (Å²) in [6, 6.07) is 12.9. The number of benzene rings is 2. The Hall–Kier alpha value is -2.35. The third-order valence-electron chi connectivity index (χ3n) is 7.04. The first-order valence-corrected chi connectivity index (χ1v) is 13.4. The summed E-state index contributed by atoms with van der Waals surface area (Å²) >= 11 is 2.26. The molecule has 0 aliphatic heterocycles. The second-order valence-electron chi connectivity index (χ2n) is 9.51. The zero-order valence-corrected chi connectivity index (χ0v) is 21.4. The Kier molecular flexibility index (Phi) is 7.23. The van der Waals surface area contributed by atoms with Gasteiger partial charge in [0.2, 0.25) is 5.91 Å². The molecule has 2 aromatic carbocycles. The highest BCUT2D eigenvalue weighted by molar-refractivity contribution is 14.1. The van der Waals surface area contributed by atoms with Crippen LogP contribution in [0.1, 0.15) is 61.0 Å². The van der Waals surface area contributed by atoms with Crippen molar-refractivity contribution < 1.29 is 9.18 Å². The molecular formula is C28H29FIN3O. The lowest BCUT2D eigenvalue weighted by Crippen LogP contribution is -2.20. The summed E-state index contributed by atoms with van der Waals surface area (Å²) in [6.07, 6.45) is 10.1. The molecule has 0 radical (unpaired) electrons. The van der Waals surface area contributed by atoms with Crippen molar-refractivity contribution >= 4 is 34.3 Å². The molecule has 6 heteroatoms. The Bertz CT molecular complexity index is 1190. The normalized spacial score (nSPS) is 15.5. The lowest BCUT2D eigenvalue weighted by atomic mass is 9.85. The van der Waals surface area contributed by atoms with Crippen molar-refractivity contribution in [1.82, 2.24) is 9.97 Å². The van der Waals surface area contributed by atoms with Crippen molar-refractivity contribution in [2.45, 2.75) is 64.2 Å². The first-order chi connectivity index (χ1) is 16.5. The Morgan fingerprint density at radius 2 is 1.82 bits per heavy atom. The van der Waals surface area contributed by atoms with E-state index in [-0.39, 0.29) is 11.7 Å². The summed E-state index contributed by atoms with van der Waals surface area (Å²) in [7, 11) is 0. The fraction of sp³-hybridized carbons (Fsp3) is 0.393. The summed E-state index contributed by atoms with van der Waals surface area (Å²) in [4.78, 5) is 22.9. The Morgan fingerprint density at radius 1 is 1.03 bits per heavy atom. The molecule has 0 spiro atoms. The molecule has 0 unspecified atom stereocenters. The van der Waals surface area contributed by atoms with Crippen LogP contribution in [0.15, 0.2) is 42.5 Å². The standard InChI is InChI=1S/C28H29FIN3O/c29-21-10-13-23-20(17-21)9-15-24-27(23)31-25(14-8-18-4-2-1-3-5-18)28(32-24)33-26(34)16-19-6-11-22(30)12-7-19/h6-7,10-13,17-18H,1-5,8-9,14-16H2,(H,32,33,34). The molecule has 3 aromatic rings. The minimum absolute atomic E-state index is 0.0762. The quantitative estimate of drug-likeness (QED) is 0.337. The number of halogens is 2. The highest BCUT2D eigenvalue weighted by Gasteiger charge is 2.24. The largest absolute Gasteiger partial charge is 0.309 e. The number of hydrogen-bond acceptors (Lipinski definition) is 3. The van der Waals surface area contributed by atoms with Gasteiger partial charge in [-0.05, 0) is 95.7 Å². The summed E-state index contributed by atoms with van der Waals surface area (Å²) in [5.41, 5.74) is 5.49. The maximum absolute atomic E-state index is 13.8. The molecule has 0 atom stereocenters. The topological polar surface area (TPSA) is 54.9 Å². The van der Waals surface area contributed by atoms with Crippen LogP contribution in [0.5, 0.6) is 0 Å². The van der Waals surface area contributed by atoms with E-state index in [0.717, 1.165) is 56.6 Å². The fourth-order valence-corrected chi connectivity index (χ4v) is 5.56. The molecular weight excluding hydrogens is 540 g/mol. The van der Waals surface area contributed by atoms with Gasteiger partial charge < -0.3 is 5.32 Å². The lowest BCUT2D eigenvalue weighted by molar-refractivity contribution is -0.115. The van der Waals surface area contributed by atoms with Crippen molar-refractivity contribution in [2.75, 3.05) is 5.32 Å². The fourth-order valence-electron chi connectivity index (χ4n) is 5.20. The van der Waals surface area contributed by atoms with Crippen LogP contribution < -0.4 is 5.32 Å². The second kappa shape index (κ2) is 10.5. The van der Waals surface area contributed by atoms with E-state index in [4.69, 9.17) is 9.97 Å². The Morgan fingerprint density at radius 3 is 2.62 bits per heavy atom. The molecule has 1 N–H and O–H groups in total. The first kappa shape index (κ1) is 23.4. The van der Waals surface area contributed by atoms with E-state index in [2.05, 4.69) is 27.9 Å². The van der Waals surface area contributed by atoms with Gasteiger partial charge in [-0.15, -0.1) is 0 Å². The van der Waals surface area contributed by atoms with Crippen molar-refractivity contribution in [3.63, 3.8) is 0 Å². The average molecular weight is 569 g/mol. The molecule has 1 amide bonds. The molecule has 1 fully saturated rings. The summed E-state index contributed by atoms with van der Waals surface area (Å²) < 4.78 is 14.9. The van der Waals surface area contributed by atoms with Gasteiger partial charge in [-0.3, -0.25) is 4.79 Å². The van der Waals surface area contributed by atoms with Crippen LogP contribution >= 0.6 is 22.6 Å². The maximum Gasteiger partial charge on any atom is 0.229 e. The third kappa shape index (κ3) is 5.48. The smallest absolute Gasteiger partial charge is 0.229 e. The van der Waals surface area contributed by atoms with E-state index in [1.165, 1.54) is 38.2 Å². The summed E-state index contributed by atoms with van der Waals surface area (Å²) in [6.45, 7) is 0. The molecule has 176 valence electrons. The number of aromatic nitrogens is 2. The summed E-state index contributed by atoms with van der Waals surface area (Å²) in [5, 5.41) is 3.07. The molecule has 2 aliphatic rings. The van der Waals surface area contributed by atoms with Gasteiger partial charge in [0, 0.05) is 9.13 Å². The predicted molar refractivity (Wildman–Crippen MR) is 141 cm³/mol. The number of anilines is 1.